The number of carbonyl (C=O) groups excluding carboxylic acids is 1. The van der Waals surface area contributed by atoms with Crippen LogP contribution in [-0.2, 0) is 17.6 Å². The highest BCUT2D eigenvalue weighted by molar-refractivity contribution is 7.16. The molecule has 5 nitrogen and oxygen atoms in total. The largest absolute Gasteiger partial charge is 0.493 e. The number of nitrogens with one attached hydrogen (secondary N) is 1. The molecule has 1 aromatic carbocycles. The first-order chi connectivity index (χ1) is 14.0. The van der Waals surface area contributed by atoms with E-state index >= 15 is 0 Å². The average molecular weight is 406 g/mol. The Balaban J connectivity index is 1.75. The molecule has 0 radical (unpaired) electrons. The minimum absolute atomic E-state index is 0.00360. The van der Waals surface area contributed by atoms with Gasteiger partial charge in [-0.05, 0) is 60.9 Å². The number of ether oxygens (including phenoxy) is 1. The average Bonchev–Trinajstić information content (AvgIpc) is 3.08. The molecule has 148 valence electrons. The molecule has 1 aliphatic carbocycles. The highest BCUT2D eigenvalue weighted by Crippen LogP contribution is 2.37. The van der Waals surface area contributed by atoms with Gasteiger partial charge < -0.3 is 10.1 Å². The number of fused-ring (bicyclic) bond motifs is 1. The number of amides is 1. The maximum absolute atomic E-state index is 12.6. The summed E-state index contributed by atoms with van der Waals surface area (Å²) in [5, 5.41) is 22.3. The summed E-state index contributed by atoms with van der Waals surface area (Å²) in [6, 6.07) is 11.4. The van der Waals surface area contributed by atoms with E-state index in [4.69, 9.17) is 4.74 Å². The number of hydrogen-bond donors (Lipinski definition) is 1. The van der Waals surface area contributed by atoms with Gasteiger partial charge in [-0.2, -0.15) is 10.5 Å². The normalized spacial score (nSPS) is 13.3. The Kier molecular flexibility index (Phi) is 6.69. The second-order valence-electron chi connectivity index (χ2n) is 7.42. The predicted molar refractivity (Wildman–Crippen MR) is 115 cm³/mol. The van der Waals surface area contributed by atoms with Crippen molar-refractivity contribution < 1.29 is 9.53 Å². The van der Waals surface area contributed by atoms with Gasteiger partial charge in [-0.3, -0.25) is 4.79 Å². The van der Waals surface area contributed by atoms with Crippen molar-refractivity contribution in [3.05, 3.63) is 51.4 Å². The maximum Gasteiger partial charge on any atom is 0.266 e. The van der Waals surface area contributed by atoms with Crippen LogP contribution in [0.1, 0.15) is 48.3 Å². The summed E-state index contributed by atoms with van der Waals surface area (Å²) in [5.41, 5.74) is 2.33. The summed E-state index contributed by atoms with van der Waals surface area (Å²) in [6.45, 7) is 4.79. The summed E-state index contributed by atoms with van der Waals surface area (Å²) < 4.78 is 5.65. The minimum Gasteiger partial charge on any atom is -0.493 e. The third-order valence-electron chi connectivity index (χ3n) is 4.65. The highest BCUT2D eigenvalue weighted by Gasteiger charge is 2.22. The molecule has 1 aliphatic rings. The summed E-state index contributed by atoms with van der Waals surface area (Å²) in [6.07, 6.45) is 5.52. The molecule has 0 atom stereocenters. The van der Waals surface area contributed by atoms with Crippen molar-refractivity contribution in [1.82, 2.24) is 0 Å². The number of carbonyl (C=O) groups is 1. The Hall–Kier alpha value is -3.09. The fourth-order valence-corrected chi connectivity index (χ4v) is 4.42. The minimum atomic E-state index is -0.497. The molecule has 0 saturated carbocycles. The molecule has 1 heterocycles. The van der Waals surface area contributed by atoms with Gasteiger partial charge in [-0.15, -0.1) is 11.3 Å². The lowest BCUT2D eigenvalue weighted by atomic mass is 9.96. The maximum atomic E-state index is 12.6. The standard InChI is InChI=1S/C23H23N3O2S/c1-15(2)14-28-18-9-7-16(8-10-18)11-17(12-24)22(27)26-23-20(13-25)19-5-3-4-6-21(19)29-23/h7-11,15H,3-6,14H2,1-2H3,(H,26,27). The molecule has 0 unspecified atom stereocenters. The number of aryl methyl sites for hydroxylation is 1. The fourth-order valence-electron chi connectivity index (χ4n) is 3.18. The summed E-state index contributed by atoms with van der Waals surface area (Å²) in [5.74, 6) is 0.689. The number of nitrogens with zero attached hydrogens (tertiary/aromatic N) is 2. The third-order valence-corrected chi connectivity index (χ3v) is 5.86. The number of nitriles is 2. The molecular formula is C23H23N3O2S. The van der Waals surface area contributed by atoms with Gasteiger partial charge in [0.25, 0.3) is 5.91 Å². The van der Waals surface area contributed by atoms with Crippen LogP contribution >= 0.6 is 11.3 Å². The molecule has 1 N–H and O–H groups in total. The summed E-state index contributed by atoms with van der Waals surface area (Å²) >= 11 is 1.45. The Bertz CT molecular complexity index is 1000. The van der Waals surface area contributed by atoms with Gasteiger partial charge >= 0.3 is 0 Å². The Morgan fingerprint density at radius 2 is 1.97 bits per heavy atom. The van der Waals surface area contributed by atoms with E-state index in [0.29, 0.717) is 23.1 Å². The van der Waals surface area contributed by atoms with Gasteiger partial charge in [0.05, 0.1) is 12.2 Å². The summed E-state index contributed by atoms with van der Waals surface area (Å²) in [7, 11) is 0. The molecule has 0 spiro atoms. The zero-order valence-electron chi connectivity index (χ0n) is 16.6. The Morgan fingerprint density at radius 3 is 2.62 bits per heavy atom. The quantitative estimate of drug-likeness (QED) is 0.536. The van der Waals surface area contributed by atoms with Crippen LogP contribution in [0.2, 0.25) is 0 Å². The number of thiophene rings is 1. The SMILES string of the molecule is CC(C)COc1ccc(C=C(C#N)C(=O)Nc2sc3c(c2C#N)CCCC3)cc1. The van der Waals surface area contributed by atoms with E-state index in [9.17, 15) is 15.3 Å². The van der Waals surface area contributed by atoms with E-state index in [1.807, 2.05) is 30.3 Å². The van der Waals surface area contributed by atoms with E-state index in [-0.39, 0.29) is 5.57 Å². The number of benzene rings is 1. The highest BCUT2D eigenvalue weighted by atomic mass is 32.1. The van der Waals surface area contributed by atoms with Crippen molar-refractivity contribution in [2.45, 2.75) is 39.5 Å². The van der Waals surface area contributed by atoms with E-state index < -0.39 is 5.91 Å². The Labute approximate surface area is 175 Å². The third kappa shape index (κ3) is 5.04. The first kappa shape index (κ1) is 20.6. The van der Waals surface area contributed by atoms with Crippen LogP contribution < -0.4 is 10.1 Å². The Morgan fingerprint density at radius 1 is 1.24 bits per heavy atom. The second kappa shape index (κ2) is 9.41. The van der Waals surface area contributed by atoms with Crippen molar-refractivity contribution in [2.24, 2.45) is 5.92 Å². The van der Waals surface area contributed by atoms with Crippen LogP contribution in [0.5, 0.6) is 5.75 Å². The molecule has 6 heteroatoms. The predicted octanol–water partition coefficient (Wildman–Crippen LogP) is 5.08. The number of hydrogen-bond acceptors (Lipinski definition) is 5. The van der Waals surface area contributed by atoms with Crippen LogP contribution in [0.25, 0.3) is 6.08 Å². The van der Waals surface area contributed by atoms with Gasteiger partial charge in [0.15, 0.2) is 0 Å². The number of rotatable bonds is 6. The van der Waals surface area contributed by atoms with Crippen molar-refractivity contribution in [1.29, 1.82) is 10.5 Å². The van der Waals surface area contributed by atoms with Crippen LogP contribution in [0, 0.1) is 28.6 Å². The van der Waals surface area contributed by atoms with Gasteiger partial charge in [0.1, 0.15) is 28.5 Å². The molecule has 29 heavy (non-hydrogen) atoms. The molecular weight excluding hydrogens is 382 g/mol. The topological polar surface area (TPSA) is 85.9 Å². The van der Waals surface area contributed by atoms with Crippen molar-refractivity contribution >= 4 is 28.3 Å². The fraction of sp³-hybridized carbons (Fsp3) is 0.348. The molecule has 3 rings (SSSR count). The van der Waals surface area contributed by atoms with Gasteiger partial charge in [0, 0.05) is 4.88 Å². The van der Waals surface area contributed by atoms with Crippen molar-refractivity contribution in [3.8, 4) is 17.9 Å². The molecule has 0 saturated heterocycles. The molecule has 0 aliphatic heterocycles. The monoisotopic (exact) mass is 405 g/mol. The van der Waals surface area contributed by atoms with Crippen LogP contribution in [0.4, 0.5) is 5.00 Å². The van der Waals surface area contributed by atoms with E-state index in [2.05, 4.69) is 25.2 Å². The second-order valence-corrected chi connectivity index (χ2v) is 8.53. The molecule has 2 aromatic rings. The van der Waals surface area contributed by atoms with Crippen LogP contribution in [0.15, 0.2) is 29.8 Å². The lowest BCUT2D eigenvalue weighted by molar-refractivity contribution is -0.112. The van der Waals surface area contributed by atoms with Gasteiger partial charge in [-0.25, -0.2) is 0 Å². The van der Waals surface area contributed by atoms with Crippen LogP contribution in [0.3, 0.4) is 0 Å². The molecule has 0 bridgehead atoms. The lowest BCUT2D eigenvalue weighted by Crippen LogP contribution is -2.13. The molecule has 0 fully saturated rings. The molecule has 1 amide bonds. The van der Waals surface area contributed by atoms with E-state index in [0.717, 1.165) is 42.6 Å². The zero-order valence-corrected chi connectivity index (χ0v) is 17.4. The molecule has 1 aromatic heterocycles. The van der Waals surface area contributed by atoms with Crippen LogP contribution in [-0.4, -0.2) is 12.5 Å². The van der Waals surface area contributed by atoms with Crippen molar-refractivity contribution in [3.63, 3.8) is 0 Å². The number of anilines is 1. The van der Waals surface area contributed by atoms with Gasteiger partial charge in [-0.1, -0.05) is 26.0 Å². The lowest BCUT2D eigenvalue weighted by Gasteiger charge is -2.09. The van der Waals surface area contributed by atoms with Crippen molar-refractivity contribution in [2.75, 3.05) is 11.9 Å². The van der Waals surface area contributed by atoms with Gasteiger partial charge in [0.2, 0.25) is 0 Å². The first-order valence-electron chi connectivity index (χ1n) is 9.72. The first-order valence-corrected chi connectivity index (χ1v) is 10.5. The summed E-state index contributed by atoms with van der Waals surface area (Å²) in [4.78, 5) is 13.8. The smallest absolute Gasteiger partial charge is 0.266 e. The van der Waals surface area contributed by atoms with E-state index in [1.165, 1.54) is 16.2 Å². The van der Waals surface area contributed by atoms with E-state index in [1.54, 1.807) is 6.08 Å². The zero-order chi connectivity index (χ0) is 20.8.